The van der Waals surface area contributed by atoms with Crippen molar-refractivity contribution in [1.29, 1.82) is 0 Å². The first-order valence-corrected chi connectivity index (χ1v) is 5.97. The van der Waals surface area contributed by atoms with E-state index < -0.39 is 5.92 Å². The van der Waals surface area contributed by atoms with Crippen LogP contribution in [0.2, 0.25) is 0 Å². The summed E-state index contributed by atoms with van der Waals surface area (Å²) < 4.78 is 37.3. The highest BCUT2D eigenvalue weighted by Gasteiger charge is 2.31. The number of alkyl halides is 2. The maximum Gasteiger partial charge on any atom is 0.274 e. The molecule has 2 N–H and O–H groups in total. The fourth-order valence-corrected chi connectivity index (χ4v) is 1.96. The molecule has 0 amide bonds. The molecule has 0 spiro atoms. The van der Waals surface area contributed by atoms with Gasteiger partial charge in [-0.2, -0.15) is 4.98 Å². The van der Waals surface area contributed by atoms with Gasteiger partial charge in [0.25, 0.3) is 5.92 Å². The minimum atomic E-state index is -3.03. The average Bonchev–Trinajstić information content (AvgIpc) is 2.85. The number of benzene rings is 1. The van der Waals surface area contributed by atoms with Gasteiger partial charge in [0.1, 0.15) is 5.75 Å². The molecule has 1 aromatic heterocycles. The Morgan fingerprint density at radius 3 is 2.60 bits per heavy atom. The lowest BCUT2D eigenvalue weighted by atomic mass is 9.99. The van der Waals surface area contributed by atoms with Gasteiger partial charge in [-0.25, -0.2) is 8.78 Å². The van der Waals surface area contributed by atoms with Crippen LogP contribution in [0, 0.1) is 6.92 Å². The van der Waals surface area contributed by atoms with Crippen molar-refractivity contribution in [2.75, 3.05) is 7.11 Å². The highest BCUT2D eigenvalue weighted by molar-refractivity contribution is 5.70. The zero-order chi connectivity index (χ0) is 14.9. The summed E-state index contributed by atoms with van der Waals surface area (Å²) in [7, 11) is 1.33. The number of aromatic nitrogens is 2. The van der Waals surface area contributed by atoms with E-state index in [2.05, 4.69) is 10.1 Å². The number of nitrogens with two attached hydrogens (primary N) is 1. The summed E-state index contributed by atoms with van der Waals surface area (Å²) in [6.07, 6.45) is 0. The van der Waals surface area contributed by atoms with Crippen molar-refractivity contribution in [3.63, 3.8) is 0 Å². The van der Waals surface area contributed by atoms with Gasteiger partial charge in [0.15, 0.2) is 0 Å². The average molecular weight is 283 g/mol. The summed E-state index contributed by atoms with van der Waals surface area (Å²) in [5, 5.41) is 3.76. The van der Waals surface area contributed by atoms with Crippen molar-refractivity contribution in [1.82, 2.24) is 10.1 Å². The topological polar surface area (TPSA) is 74.2 Å². The lowest BCUT2D eigenvalue weighted by molar-refractivity contribution is 0.0151. The molecule has 7 heteroatoms. The first kappa shape index (κ1) is 14.4. The second-order valence-electron chi connectivity index (χ2n) is 4.44. The number of rotatable bonds is 4. The minimum absolute atomic E-state index is 0.0434. The molecular formula is C13H15F2N3O2. The van der Waals surface area contributed by atoms with Crippen LogP contribution in [0.5, 0.6) is 5.75 Å². The third kappa shape index (κ3) is 2.49. The summed E-state index contributed by atoms with van der Waals surface area (Å²) >= 11 is 0. The summed E-state index contributed by atoms with van der Waals surface area (Å²) in [5.41, 5.74) is 6.27. The number of hydrogen-bond donors (Lipinski definition) is 1. The van der Waals surface area contributed by atoms with Crippen LogP contribution in [0.25, 0.3) is 11.4 Å². The molecule has 0 unspecified atom stereocenters. The predicted molar refractivity (Wildman–Crippen MR) is 68.5 cm³/mol. The maximum absolute atomic E-state index is 13.6. The van der Waals surface area contributed by atoms with Crippen LogP contribution in [0.1, 0.15) is 23.9 Å². The van der Waals surface area contributed by atoms with E-state index in [9.17, 15) is 8.78 Å². The first-order chi connectivity index (χ1) is 9.38. The SMILES string of the molecule is COc1c(C(C)(F)F)ccc(C)c1-c1noc(CN)n1. The molecule has 0 aliphatic carbocycles. The number of aryl methyl sites for hydroxylation is 1. The number of nitrogens with zero attached hydrogens (tertiary/aromatic N) is 2. The second kappa shape index (κ2) is 5.16. The van der Waals surface area contributed by atoms with Crippen molar-refractivity contribution >= 4 is 0 Å². The Kier molecular flexibility index (Phi) is 3.71. The summed E-state index contributed by atoms with van der Waals surface area (Å²) in [4.78, 5) is 4.06. The van der Waals surface area contributed by atoms with Crippen LogP contribution in [0.3, 0.4) is 0 Å². The summed E-state index contributed by atoms with van der Waals surface area (Å²) in [6.45, 7) is 2.65. The van der Waals surface area contributed by atoms with E-state index in [1.165, 1.54) is 13.2 Å². The van der Waals surface area contributed by atoms with Crippen LogP contribution in [-0.4, -0.2) is 17.3 Å². The molecule has 1 aromatic carbocycles. The normalized spacial score (nSPS) is 11.7. The van der Waals surface area contributed by atoms with Gasteiger partial charge in [-0.05, 0) is 18.6 Å². The van der Waals surface area contributed by atoms with Gasteiger partial charge < -0.3 is 15.0 Å². The smallest absolute Gasteiger partial charge is 0.274 e. The van der Waals surface area contributed by atoms with Crippen LogP contribution in [0.4, 0.5) is 8.78 Å². The molecular weight excluding hydrogens is 268 g/mol. The van der Waals surface area contributed by atoms with Crippen LogP contribution >= 0.6 is 0 Å². The fourth-order valence-electron chi connectivity index (χ4n) is 1.96. The van der Waals surface area contributed by atoms with Crippen molar-refractivity contribution in [2.45, 2.75) is 26.3 Å². The maximum atomic E-state index is 13.6. The Hall–Kier alpha value is -2.02. The van der Waals surface area contributed by atoms with Crippen molar-refractivity contribution < 1.29 is 18.0 Å². The fraction of sp³-hybridized carbons (Fsp3) is 0.385. The Morgan fingerprint density at radius 2 is 2.10 bits per heavy atom. The van der Waals surface area contributed by atoms with E-state index in [1.54, 1.807) is 13.0 Å². The second-order valence-corrected chi connectivity index (χ2v) is 4.44. The molecule has 108 valence electrons. The first-order valence-electron chi connectivity index (χ1n) is 5.97. The number of methoxy groups -OCH3 is 1. The van der Waals surface area contributed by atoms with Crippen molar-refractivity contribution in [2.24, 2.45) is 5.73 Å². The predicted octanol–water partition coefficient (Wildman–Crippen LogP) is 2.62. The largest absolute Gasteiger partial charge is 0.495 e. The number of halogens is 2. The Bertz CT molecular complexity index is 621. The van der Waals surface area contributed by atoms with Gasteiger partial charge in [-0.1, -0.05) is 11.2 Å². The highest BCUT2D eigenvalue weighted by Crippen LogP contribution is 2.41. The molecule has 0 bridgehead atoms. The molecule has 2 rings (SSSR count). The molecule has 2 aromatic rings. The Balaban J connectivity index is 2.68. The summed E-state index contributed by atoms with van der Waals surface area (Å²) in [6, 6.07) is 2.91. The van der Waals surface area contributed by atoms with E-state index >= 15 is 0 Å². The molecule has 0 fully saturated rings. The Morgan fingerprint density at radius 1 is 1.40 bits per heavy atom. The molecule has 20 heavy (non-hydrogen) atoms. The number of ether oxygens (including phenoxy) is 1. The van der Waals surface area contributed by atoms with E-state index in [0.717, 1.165) is 6.92 Å². The summed E-state index contributed by atoms with van der Waals surface area (Å²) in [5.74, 6) is -2.57. The highest BCUT2D eigenvalue weighted by atomic mass is 19.3. The zero-order valence-corrected chi connectivity index (χ0v) is 11.4. The molecule has 0 atom stereocenters. The van der Waals surface area contributed by atoms with E-state index in [4.69, 9.17) is 15.0 Å². The van der Waals surface area contributed by atoms with Gasteiger partial charge in [-0.15, -0.1) is 0 Å². The quantitative estimate of drug-likeness (QED) is 0.933. The molecule has 0 aliphatic heterocycles. The molecule has 0 saturated carbocycles. The molecule has 0 saturated heterocycles. The molecule has 0 radical (unpaired) electrons. The minimum Gasteiger partial charge on any atom is -0.495 e. The van der Waals surface area contributed by atoms with Crippen LogP contribution in [0.15, 0.2) is 16.7 Å². The molecule has 1 heterocycles. The monoisotopic (exact) mass is 283 g/mol. The van der Waals surface area contributed by atoms with Gasteiger partial charge in [-0.3, -0.25) is 0 Å². The van der Waals surface area contributed by atoms with E-state index in [1.807, 2.05) is 0 Å². The van der Waals surface area contributed by atoms with Crippen molar-refractivity contribution in [3.05, 3.63) is 29.2 Å². The van der Waals surface area contributed by atoms with Gasteiger partial charge >= 0.3 is 0 Å². The van der Waals surface area contributed by atoms with Crippen LogP contribution in [-0.2, 0) is 12.5 Å². The van der Waals surface area contributed by atoms with Gasteiger partial charge in [0.2, 0.25) is 11.7 Å². The lowest BCUT2D eigenvalue weighted by Crippen LogP contribution is -2.10. The number of hydrogen-bond acceptors (Lipinski definition) is 5. The standard InChI is InChI=1S/C13H15F2N3O2/c1-7-4-5-8(13(2,14)15)11(19-3)10(7)12-17-9(6-16)20-18-12/h4-5H,6,16H2,1-3H3. The van der Waals surface area contributed by atoms with Crippen molar-refractivity contribution in [3.8, 4) is 17.1 Å². The van der Waals surface area contributed by atoms with E-state index in [0.29, 0.717) is 11.1 Å². The Labute approximate surface area is 114 Å². The van der Waals surface area contributed by atoms with E-state index in [-0.39, 0.29) is 29.6 Å². The molecule has 5 nitrogen and oxygen atoms in total. The van der Waals surface area contributed by atoms with Gasteiger partial charge in [0, 0.05) is 6.92 Å². The third-order valence-corrected chi connectivity index (χ3v) is 2.91. The van der Waals surface area contributed by atoms with Crippen LogP contribution < -0.4 is 10.5 Å². The third-order valence-electron chi connectivity index (χ3n) is 2.91. The van der Waals surface area contributed by atoms with Gasteiger partial charge in [0.05, 0.1) is 24.8 Å². The molecule has 0 aliphatic rings. The lowest BCUT2D eigenvalue weighted by Gasteiger charge is -2.18. The zero-order valence-electron chi connectivity index (χ0n) is 11.4.